The summed E-state index contributed by atoms with van der Waals surface area (Å²) in [4.78, 5) is 8.72. The zero-order chi connectivity index (χ0) is 9.12. The topological polar surface area (TPSA) is 131 Å². The van der Waals surface area contributed by atoms with Crippen LogP contribution in [0.3, 0.4) is 0 Å². The maximum atomic E-state index is 10.7. The van der Waals surface area contributed by atoms with Crippen molar-refractivity contribution in [3.8, 4) is 6.07 Å². The van der Waals surface area contributed by atoms with Crippen molar-refractivity contribution in [2.75, 3.05) is 6.66 Å². The number of nitrogens with zero attached hydrogens (tertiary/aromatic N) is 1. The molecule has 0 radical (unpaired) electrons. The molecule has 0 amide bonds. The Labute approximate surface area is 71.4 Å². The first-order valence-corrected chi connectivity index (χ1v) is 5.06. The molecule has 0 aliphatic heterocycles. The molecule has 0 heterocycles. The van der Waals surface area contributed by atoms with Gasteiger partial charge in [0, 0.05) is 13.1 Å². The van der Waals surface area contributed by atoms with E-state index in [2.05, 4.69) is 4.52 Å². The molecule has 0 spiro atoms. The molecule has 0 aromatic heterocycles. The standard InChI is InChI=1S/C5H11N2O3P.H3N/c1-3-5(7,4-6)10-11(2,8)9;/h3,7H2,1-2H3,(H,8,9);1H3. The number of hydrogen-bond acceptors (Lipinski definition) is 5. The average Bonchev–Trinajstić information content (AvgIpc) is 1.84. The van der Waals surface area contributed by atoms with Crippen molar-refractivity contribution in [1.82, 2.24) is 6.15 Å². The first kappa shape index (κ1) is 14.1. The second-order valence-electron chi connectivity index (χ2n) is 2.25. The van der Waals surface area contributed by atoms with Crippen LogP contribution in [-0.2, 0) is 9.09 Å². The molecular formula is C5H14N3O3P. The maximum absolute atomic E-state index is 10.7. The molecule has 2 atom stereocenters. The fraction of sp³-hybridized carbons (Fsp3) is 0.800. The van der Waals surface area contributed by atoms with Gasteiger partial charge >= 0.3 is 7.60 Å². The van der Waals surface area contributed by atoms with Crippen molar-refractivity contribution in [3.63, 3.8) is 0 Å². The van der Waals surface area contributed by atoms with E-state index in [0.29, 0.717) is 0 Å². The normalized spacial score (nSPS) is 19.6. The molecule has 0 aliphatic rings. The minimum Gasteiger partial charge on any atom is -0.344 e. The van der Waals surface area contributed by atoms with E-state index in [4.69, 9.17) is 15.9 Å². The van der Waals surface area contributed by atoms with E-state index in [9.17, 15) is 4.57 Å². The molecule has 6 nitrogen and oxygen atoms in total. The van der Waals surface area contributed by atoms with Crippen LogP contribution < -0.4 is 11.9 Å². The van der Waals surface area contributed by atoms with Gasteiger partial charge in [0.15, 0.2) is 0 Å². The lowest BCUT2D eigenvalue weighted by Gasteiger charge is -2.20. The van der Waals surface area contributed by atoms with Crippen molar-refractivity contribution in [1.29, 1.82) is 5.26 Å². The van der Waals surface area contributed by atoms with E-state index in [0.717, 1.165) is 6.66 Å². The van der Waals surface area contributed by atoms with Crippen molar-refractivity contribution >= 4 is 7.60 Å². The molecule has 2 unspecified atom stereocenters. The van der Waals surface area contributed by atoms with E-state index in [-0.39, 0.29) is 12.6 Å². The first-order chi connectivity index (χ1) is 4.83. The van der Waals surface area contributed by atoms with Crippen molar-refractivity contribution in [2.45, 2.75) is 19.1 Å². The van der Waals surface area contributed by atoms with Gasteiger partial charge in [-0.1, -0.05) is 6.92 Å². The van der Waals surface area contributed by atoms with Gasteiger partial charge in [-0.15, -0.1) is 0 Å². The van der Waals surface area contributed by atoms with Crippen LogP contribution in [-0.4, -0.2) is 17.3 Å². The molecule has 0 saturated carbocycles. The third kappa shape index (κ3) is 5.24. The summed E-state index contributed by atoms with van der Waals surface area (Å²) in [5.74, 6) is 0. The second kappa shape index (κ2) is 4.55. The van der Waals surface area contributed by atoms with E-state index < -0.39 is 13.3 Å². The average molecular weight is 195 g/mol. The summed E-state index contributed by atoms with van der Waals surface area (Å²) in [6.45, 7) is 2.58. The van der Waals surface area contributed by atoms with Gasteiger partial charge in [0.2, 0.25) is 5.72 Å². The zero-order valence-corrected chi connectivity index (χ0v) is 8.04. The van der Waals surface area contributed by atoms with Gasteiger partial charge in [0.05, 0.1) is 0 Å². The third-order valence-electron chi connectivity index (χ3n) is 1.05. The summed E-state index contributed by atoms with van der Waals surface area (Å²) in [7, 11) is -3.67. The number of rotatable bonds is 3. The van der Waals surface area contributed by atoms with E-state index in [1.165, 1.54) is 0 Å². The lowest BCUT2D eigenvalue weighted by atomic mass is 10.2. The highest BCUT2D eigenvalue weighted by atomic mass is 31.2. The molecule has 0 rings (SSSR count). The lowest BCUT2D eigenvalue weighted by molar-refractivity contribution is 0.114. The summed E-state index contributed by atoms with van der Waals surface area (Å²) >= 11 is 0. The Morgan fingerprint density at radius 3 is 2.33 bits per heavy atom. The number of nitriles is 1. The molecule has 0 aromatic rings. The Morgan fingerprint density at radius 1 is 1.83 bits per heavy atom. The van der Waals surface area contributed by atoms with Gasteiger partial charge in [0.25, 0.3) is 0 Å². The zero-order valence-electron chi connectivity index (χ0n) is 7.15. The molecule has 7 heteroatoms. The minimum absolute atomic E-state index is 0. The lowest BCUT2D eigenvalue weighted by Crippen LogP contribution is -2.39. The van der Waals surface area contributed by atoms with Crippen LogP contribution in [0.25, 0.3) is 0 Å². The van der Waals surface area contributed by atoms with Crippen LogP contribution in [0.1, 0.15) is 13.3 Å². The molecule has 6 N–H and O–H groups in total. The van der Waals surface area contributed by atoms with Gasteiger partial charge < -0.3 is 11.0 Å². The van der Waals surface area contributed by atoms with Crippen LogP contribution in [0.2, 0.25) is 0 Å². The molecular weight excluding hydrogens is 181 g/mol. The maximum Gasteiger partial charge on any atom is 0.327 e. The van der Waals surface area contributed by atoms with Gasteiger partial charge in [-0.25, -0.2) is 0 Å². The van der Waals surface area contributed by atoms with Crippen LogP contribution in [0.5, 0.6) is 0 Å². The quantitative estimate of drug-likeness (QED) is 0.445. The molecule has 0 aliphatic carbocycles. The molecule has 0 fully saturated rings. The summed E-state index contributed by atoms with van der Waals surface area (Å²) in [5, 5.41) is 8.42. The van der Waals surface area contributed by atoms with Crippen molar-refractivity contribution in [3.05, 3.63) is 0 Å². The summed E-state index contributed by atoms with van der Waals surface area (Å²) in [6.07, 6.45) is 0.169. The molecule has 0 aromatic carbocycles. The summed E-state index contributed by atoms with van der Waals surface area (Å²) in [5.41, 5.74) is 3.63. The molecule has 12 heavy (non-hydrogen) atoms. The van der Waals surface area contributed by atoms with Crippen LogP contribution in [0.4, 0.5) is 0 Å². The van der Waals surface area contributed by atoms with E-state index in [1.54, 1.807) is 13.0 Å². The minimum atomic E-state index is -3.67. The van der Waals surface area contributed by atoms with Gasteiger partial charge in [-0.3, -0.25) is 14.8 Å². The van der Waals surface area contributed by atoms with Crippen LogP contribution in [0.15, 0.2) is 0 Å². The number of nitrogens with two attached hydrogens (primary N) is 1. The van der Waals surface area contributed by atoms with Crippen molar-refractivity contribution < 1.29 is 14.0 Å². The van der Waals surface area contributed by atoms with E-state index in [1.807, 2.05) is 0 Å². The van der Waals surface area contributed by atoms with Crippen molar-refractivity contribution in [2.24, 2.45) is 5.73 Å². The fourth-order valence-electron chi connectivity index (χ4n) is 0.466. The summed E-state index contributed by atoms with van der Waals surface area (Å²) in [6, 6.07) is 1.61. The predicted molar refractivity (Wildman–Crippen MR) is 44.7 cm³/mol. The second-order valence-corrected chi connectivity index (χ2v) is 4.04. The Hall–Kier alpha value is -0.440. The molecule has 72 valence electrons. The fourth-order valence-corrected chi connectivity index (χ4v) is 1.24. The van der Waals surface area contributed by atoms with Crippen LogP contribution >= 0.6 is 7.60 Å². The Kier molecular flexibility index (Phi) is 5.35. The van der Waals surface area contributed by atoms with Gasteiger partial charge in [-0.2, -0.15) is 5.26 Å². The largest absolute Gasteiger partial charge is 0.344 e. The molecule has 0 saturated heterocycles. The first-order valence-electron chi connectivity index (χ1n) is 3.04. The van der Waals surface area contributed by atoms with Gasteiger partial charge in [-0.05, 0) is 0 Å². The Morgan fingerprint density at radius 2 is 2.25 bits per heavy atom. The highest BCUT2D eigenvalue weighted by Crippen LogP contribution is 2.40. The Balaban J connectivity index is 0. The highest BCUT2D eigenvalue weighted by molar-refractivity contribution is 7.51. The van der Waals surface area contributed by atoms with Gasteiger partial charge in [0.1, 0.15) is 6.07 Å². The Bertz CT molecular complexity index is 220. The predicted octanol–water partition coefficient (Wildman–Crippen LogP) is 0.569. The van der Waals surface area contributed by atoms with Crippen LogP contribution in [0, 0.1) is 11.3 Å². The third-order valence-corrected chi connectivity index (χ3v) is 1.71. The smallest absolute Gasteiger partial charge is 0.327 e. The highest BCUT2D eigenvalue weighted by Gasteiger charge is 2.30. The monoisotopic (exact) mass is 195 g/mol. The summed E-state index contributed by atoms with van der Waals surface area (Å²) < 4.78 is 15.1. The molecule has 0 bridgehead atoms. The SMILES string of the molecule is CCC(N)(C#N)OP(C)(=O)O.N. The number of hydrogen-bond donors (Lipinski definition) is 3. The van der Waals surface area contributed by atoms with E-state index >= 15 is 0 Å².